The lowest BCUT2D eigenvalue weighted by Gasteiger charge is -2.12. The smallest absolute Gasteiger partial charge is 0.254 e. The van der Waals surface area contributed by atoms with Crippen LogP contribution in [0.1, 0.15) is 5.69 Å². The van der Waals surface area contributed by atoms with Gasteiger partial charge in [-0.1, -0.05) is 0 Å². The fraction of sp³-hybridized carbons (Fsp3) is 0.0833. The number of hydrogen-bond acceptors (Lipinski definition) is 4. The highest BCUT2D eigenvalue weighted by Crippen LogP contribution is 2.33. The molecule has 0 unspecified atom stereocenters. The number of rotatable bonds is 1. The molecular formula is C12H8F3N5. The van der Waals surface area contributed by atoms with Crippen molar-refractivity contribution in [2.24, 2.45) is 0 Å². The third-order valence-electron chi connectivity index (χ3n) is 2.90. The second-order valence-electron chi connectivity index (χ2n) is 4.17. The molecule has 0 radical (unpaired) electrons. The van der Waals surface area contributed by atoms with Gasteiger partial charge in [0.1, 0.15) is 29.6 Å². The van der Waals surface area contributed by atoms with E-state index in [9.17, 15) is 13.2 Å². The van der Waals surface area contributed by atoms with Gasteiger partial charge in [-0.15, -0.1) is 0 Å². The summed E-state index contributed by atoms with van der Waals surface area (Å²) < 4.78 is 41.9. The van der Waals surface area contributed by atoms with Gasteiger partial charge in [0.2, 0.25) is 0 Å². The van der Waals surface area contributed by atoms with Gasteiger partial charge < -0.3 is 5.73 Å². The lowest BCUT2D eigenvalue weighted by molar-refractivity contribution is 0.547. The van der Waals surface area contributed by atoms with Gasteiger partial charge in [0.25, 0.3) is 5.78 Å². The van der Waals surface area contributed by atoms with E-state index in [-0.39, 0.29) is 22.9 Å². The average Bonchev–Trinajstić information content (AvgIpc) is 2.80. The standard InChI is InChI=1S/C12H8F3N5/c1-5-9(10-7(14)2-6(13)3-8(10)15)11(16)20-12(19-5)17-4-18-20/h2-4H,16H2,1H3. The fourth-order valence-corrected chi connectivity index (χ4v) is 2.07. The number of aromatic nitrogens is 4. The maximum atomic E-state index is 13.9. The molecule has 5 nitrogen and oxygen atoms in total. The van der Waals surface area contributed by atoms with Gasteiger partial charge >= 0.3 is 0 Å². The van der Waals surface area contributed by atoms with Crippen LogP contribution in [0.2, 0.25) is 0 Å². The number of halogens is 3. The topological polar surface area (TPSA) is 69.1 Å². The number of fused-ring (bicyclic) bond motifs is 1. The predicted octanol–water partition coefficient (Wildman–Crippen LogP) is 2.10. The van der Waals surface area contributed by atoms with Crippen molar-refractivity contribution in [2.75, 3.05) is 5.73 Å². The number of anilines is 1. The molecular weight excluding hydrogens is 271 g/mol. The first-order chi connectivity index (χ1) is 9.49. The van der Waals surface area contributed by atoms with Crippen LogP contribution in [0.5, 0.6) is 0 Å². The molecule has 2 heterocycles. The zero-order valence-electron chi connectivity index (χ0n) is 10.2. The Hall–Kier alpha value is -2.64. The van der Waals surface area contributed by atoms with Crippen molar-refractivity contribution in [3.05, 3.63) is 41.6 Å². The zero-order valence-corrected chi connectivity index (χ0v) is 10.2. The van der Waals surface area contributed by atoms with E-state index in [0.29, 0.717) is 12.1 Å². The molecule has 2 aromatic heterocycles. The molecule has 0 fully saturated rings. The van der Waals surface area contributed by atoms with Crippen LogP contribution in [-0.2, 0) is 0 Å². The Morgan fingerprint density at radius 3 is 2.40 bits per heavy atom. The Balaban J connectivity index is 2.40. The molecule has 0 spiro atoms. The summed E-state index contributed by atoms with van der Waals surface area (Å²) in [7, 11) is 0. The van der Waals surface area contributed by atoms with Gasteiger partial charge in [0, 0.05) is 12.1 Å². The Morgan fingerprint density at radius 2 is 1.75 bits per heavy atom. The Bertz CT molecular complexity index is 804. The number of aryl methyl sites for hydroxylation is 1. The highest BCUT2D eigenvalue weighted by molar-refractivity contribution is 5.78. The minimum absolute atomic E-state index is 0.0191. The minimum atomic E-state index is -1.06. The van der Waals surface area contributed by atoms with Crippen LogP contribution in [-0.4, -0.2) is 19.6 Å². The Kier molecular flexibility index (Phi) is 2.60. The number of benzene rings is 1. The van der Waals surface area contributed by atoms with E-state index in [0.717, 1.165) is 4.52 Å². The average molecular weight is 279 g/mol. The molecule has 20 heavy (non-hydrogen) atoms. The van der Waals surface area contributed by atoms with Crippen LogP contribution < -0.4 is 5.73 Å². The predicted molar refractivity (Wildman–Crippen MR) is 65.2 cm³/mol. The molecule has 8 heteroatoms. The minimum Gasteiger partial charge on any atom is -0.383 e. The largest absolute Gasteiger partial charge is 0.383 e. The summed E-state index contributed by atoms with van der Waals surface area (Å²) in [6.07, 6.45) is 1.22. The summed E-state index contributed by atoms with van der Waals surface area (Å²) in [5, 5.41) is 3.82. The van der Waals surface area contributed by atoms with E-state index < -0.39 is 23.0 Å². The molecule has 3 aromatic rings. The summed E-state index contributed by atoms with van der Waals surface area (Å²) in [5.74, 6) is -2.92. The second-order valence-corrected chi connectivity index (χ2v) is 4.17. The van der Waals surface area contributed by atoms with Gasteiger partial charge in [-0.05, 0) is 6.92 Å². The first-order valence-electron chi connectivity index (χ1n) is 5.59. The summed E-state index contributed by atoms with van der Waals surface area (Å²) in [6.45, 7) is 1.53. The number of nitrogens with two attached hydrogens (primary N) is 1. The van der Waals surface area contributed by atoms with Crippen molar-refractivity contribution in [2.45, 2.75) is 6.92 Å². The molecule has 102 valence electrons. The van der Waals surface area contributed by atoms with Crippen molar-refractivity contribution in [3.63, 3.8) is 0 Å². The molecule has 0 atom stereocenters. The van der Waals surface area contributed by atoms with E-state index in [1.807, 2.05) is 0 Å². The second kappa shape index (κ2) is 4.19. The van der Waals surface area contributed by atoms with Gasteiger partial charge in [-0.2, -0.15) is 14.6 Å². The lowest BCUT2D eigenvalue weighted by atomic mass is 10.0. The molecule has 2 N–H and O–H groups in total. The molecule has 0 aliphatic heterocycles. The third-order valence-corrected chi connectivity index (χ3v) is 2.90. The maximum absolute atomic E-state index is 13.9. The highest BCUT2D eigenvalue weighted by atomic mass is 19.1. The third kappa shape index (κ3) is 1.68. The van der Waals surface area contributed by atoms with Crippen LogP contribution in [0, 0.1) is 24.4 Å². The van der Waals surface area contributed by atoms with Gasteiger partial charge in [-0.25, -0.2) is 18.2 Å². The maximum Gasteiger partial charge on any atom is 0.254 e. The number of nitrogens with zero attached hydrogens (tertiary/aromatic N) is 4. The first-order valence-corrected chi connectivity index (χ1v) is 5.59. The highest BCUT2D eigenvalue weighted by Gasteiger charge is 2.21. The lowest BCUT2D eigenvalue weighted by Crippen LogP contribution is -2.07. The van der Waals surface area contributed by atoms with Gasteiger partial charge in [0.15, 0.2) is 0 Å². The quantitative estimate of drug-likeness (QED) is 0.740. The van der Waals surface area contributed by atoms with E-state index >= 15 is 0 Å². The molecule has 0 amide bonds. The van der Waals surface area contributed by atoms with Crippen molar-refractivity contribution in [1.29, 1.82) is 0 Å². The van der Waals surface area contributed by atoms with E-state index in [1.54, 1.807) is 0 Å². The van der Waals surface area contributed by atoms with E-state index in [4.69, 9.17) is 5.73 Å². The SMILES string of the molecule is Cc1nc2ncnn2c(N)c1-c1c(F)cc(F)cc1F. The fourth-order valence-electron chi connectivity index (χ4n) is 2.07. The Labute approximate surface area is 110 Å². The van der Waals surface area contributed by atoms with Crippen LogP contribution in [0.15, 0.2) is 18.5 Å². The van der Waals surface area contributed by atoms with Crippen molar-refractivity contribution >= 4 is 11.6 Å². The van der Waals surface area contributed by atoms with Crippen LogP contribution in [0.4, 0.5) is 19.0 Å². The summed E-state index contributed by atoms with van der Waals surface area (Å²) in [6, 6.07) is 1.17. The van der Waals surface area contributed by atoms with Crippen LogP contribution in [0.25, 0.3) is 16.9 Å². The molecule has 1 aromatic carbocycles. The Morgan fingerprint density at radius 1 is 1.10 bits per heavy atom. The monoisotopic (exact) mass is 279 g/mol. The summed E-state index contributed by atoms with van der Waals surface area (Å²) in [5.41, 5.74) is 5.72. The molecule has 0 aliphatic rings. The van der Waals surface area contributed by atoms with Gasteiger partial charge in [0.05, 0.1) is 16.8 Å². The molecule has 0 aliphatic carbocycles. The van der Waals surface area contributed by atoms with Crippen LogP contribution in [0.3, 0.4) is 0 Å². The van der Waals surface area contributed by atoms with Crippen molar-refractivity contribution in [3.8, 4) is 11.1 Å². The normalized spacial score (nSPS) is 11.2. The zero-order chi connectivity index (χ0) is 14.4. The van der Waals surface area contributed by atoms with E-state index in [1.165, 1.54) is 13.3 Å². The molecule has 0 saturated carbocycles. The van der Waals surface area contributed by atoms with E-state index in [2.05, 4.69) is 15.1 Å². The van der Waals surface area contributed by atoms with Crippen LogP contribution >= 0.6 is 0 Å². The van der Waals surface area contributed by atoms with Crippen molar-refractivity contribution in [1.82, 2.24) is 19.6 Å². The molecule has 0 saturated heterocycles. The van der Waals surface area contributed by atoms with Gasteiger partial charge in [-0.3, -0.25) is 0 Å². The number of nitrogen functional groups attached to an aromatic ring is 1. The van der Waals surface area contributed by atoms with Crippen molar-refractivity contribution < 1.29 is 13.2 Å². The molecule has 3 rings (SSSR count). The number of hydrogen-bond donors (Lipinski definition) is 1. The first kappa shape index (κ1) is 12.4. The summed E-state index contributed by atoms with van der Waals surface area (Å²) in [4.78, 5) is 7.91. The molecule has 0 bridgehead atoms. The summed E-state index contributed by atoms with van der Waals surface area (Å²) >= 11 is 0.